The molecule has 8 heteroatoms. The van der Waals surface area contributed by atoms with Gasteiger partial charge in [-0.25, -0.2) is 0 Å². The zero-order valence-electron chi connectivity index (χ0n) is 18.5. The molecular formula is C24H26N2O4S2. The van der Waals surface area contributed by atoms with Crippen molar-refractivity contribution < 1.29 is 19.1 Å². The van der Waals surface area contributed by atoms with E-state index in [-0.39, 0.29) is 16.1 Å². The SMILES string of the molecule is COc1cc(/C=C2/SC(=S)N(NC(=O)c3ccccc3C)C2=O)ccc1OCCC(C)C. The van der Waals surface area contributed by atoms with Crippen LogP contribution in [0.3, 0.4) is 0 Å². The van der Waals surface area contributed by atoms with Crippen LogP contribution in [0.25, 0.3) is 6.08 Å². The van der Waals surface area contributed by atoms with E-state index >= 15 is 0 Å². The average molecular weight is 471 g/mol. The molecule has 2 amide bonds. The van der Waals surface area contributed by atoms with Gasteiger partial charge >= 0.3 is 0 Å². The second-order valence-corrected chi connectivity index (χ2v) is 9.39. The van der Waals surface area contributed by atoms with Crippen LogP contribution in [0.1, 0.15) is 41.8 Å². The largest absolute Gasteiger partial charge is 0.493 e. The predicted molar refractivity (Wildman–Crippen MR) is 132 cm³/mol. The van der Waals surface area contributed by atoms with E-state index in [0.29, 0.717) is 34.5 Å². The Balaban J connectivity index is 1.74. The van der Waals surface area contributed by atoms with Crippen LogP contribution in [0.15, 0.2) is 47.4 Å². The number of thiocarbonyl (C=S) groups is 1. The first-order valence-corrected chi connectivity index (χ1v) is 11.5. The van der Waals surface area contributed by atoms with Crippen LogP contribution in [-0.2, 0) is 4.79 Å². The van der Waals surface area contributed by atoms with E-state index in [0.717, 1.165) is 34.3 Å². The van der Waals surface area contributed by atoms with E-state index in [1.54, 1.807) is 25.3 Å². The van der Waals surface area contributed by atoms with Gasteiger partial charge in [0.15, 0.2) is 15.8 Å². The van der Waals surface area contributed by atoms with Gasteiger partial charge in [-0.3, -0.25) is 15.0 Å². The van der Waals surface area contributed by atoms with Crippen molar-refractivity contribution in [2.75, 3.05) is 13.7 Å². The van der Waals surface area contributed by atoms with Gasteiger partial charge in [0.1, 0.15) is 0 Å². The third-order valence-electron chi connectivity index (χ3n) is 4.83. The number of methoxy groups -OCH3 is 1. The summed E-state index contributed by atoms with van der Waals surface area (Å²) in [5, 5.41) is 1.11. The van der Waals surface area contributed by atoms with Gasteiger partial charge in [0.2, 0.25) is 0 Å². The number of rotatable bonds is 8. The number of carbonyl (C=O) groups is 2. The number of benzene rings is 2. The summed E-state index contributed by atoms with van der Waals surface area (Å²) in [4.78, 5) is 25.9. The fourth-order valence-corrected chi connectivity index (χ4v) is 4.18. The van der Waals surface area contributed by atoms with Crippen LogP contribution in [0.2, 0.25) is 0 Å². The molecule has 2 aromatic carbocycles. The first-order chi connectivity index (χ1) is 15.3. The predicted octanol–water partition coefficient (Wildman–Crippen LogP) is 4.97. The summed E-state index contributed by atoms with van der Waals surface area (Å²) < 4.78 is 11.5. The molecule has 1 saturated heterocycles. The molecule has 0 radical (unpaired) electrons. The Hall–Kier alpha value is -2.84. The highest BCUT2D eigenvalue weighted by Crippen LogP contribution is 2.34. The first kappa shape index (κ1) is 23.8. The molecule has 1 fully saturated rings. The van der Waals surface area contributed by atoms with E-state index in [1.807, 2.05) is 37.3 Å². The summed E-state index contributed by atoms with van der Waals surface area (Å²) in [6, 6.07) is 12.7. The van der Waals surface area contributed by atoms with Crippen LogP contribution in [0.5, 0.6) is 11.5 Å². The molecule has 0 unspecified atom stereocenters. The lowest BCUT2D eigenvalue weighted by Crippen LogP contribution is -2.45. The number of nitrogens with zero attached hydrogens (tertiary/aromatic N) is 1. The molecule has 0 aliphatic carbocycles. The van der Waals surface area contributed by atoms with E-state index in [9.17, 15) is 9.59 Å². The summed E-state index contributed by atoms with van der Waals surface area (Å²) in [5.41, 5.74) is 4.68. The van der Waals surface area contributed by atoms with Crippen molar-refractivity contribution in [2.45, 2.75) is 27.2 Å². The van der Waals surface area contributed by atoms with Gasteiger partial charge in [0.05, 0.1) is 18.6 Å². The molecule has 1 aliphatic heterocycles. The third-order valence-corrected chi connectivity index (χ3v) is 6.14. The van der Waals surface area contributed by atoms with Crippen LogP contribution >= 0.6 is 24.0 Å². The zero-order chi connectivity index (χ0) is 23.3. The monoisotopic (exact) mass is 470 g/mol. The number of hydrogen-bond donors (Lipinski definition) is 1. The van der Waals surface area contributed by atoms with Crippen LogP contribution in [-0.4, -0.2) is 34.9 Å². The Bertz CT molecular complexity index is 1070. The van der Waals surface area contributed by atoms with Crippen molar-refractivity contribution in [2.24, 2.45) is 5.92 Å². The Morgan fingerprint density at radius 3 is 2.66 bits per heavy atom. The number of nitrogens with one attached hydrogen (secondary N) is 1. The summed E-state index contributed by atoms with van der Waals surface area (Å²) in [6.07, 6.45) is 2.67. The van der Waals surface area contributed by atoms with Gasteiger partial charge in [-0.2, -0.15) is 5.01 Å². The molecule has 32 heavy (non-hydrogen) atoms. The molecule has 0 saturated carbocycles. The molecule has 1 N–H and O–H groups in total. The second-order valence-electron chi connectivity index (χ2n) is 7.71. The van der Waals surface area contributed by atoms with Gasteiger partial charge in [-0.05, 0) is 66.9 Å². The number of ether oxygens (including phenoxy) is 2. The van der Waals surface area contributed by atoms with E-state index in [2.05, 4.69) is 19.3 Å². The fourth-order valence-electron chi connectivity index (χ4n) is 3.00. The molecule has 3 rings (SSSR count). The molecule has 0 bridgehead atoms. The van der Waals surface area contributed by atoms with Gasteiger partial charge < -0.3 is 9.47 Å². The molecule has 1 aliphatic rings. The molecule has 168 valence electrons. The topological polar surface area (TPSA) is 67.9 Å². The van der Waals surface area contributed by atoms with Gasteiger partial charge in [0, 0.05) is 5.56 Å². The average Bonchev–Trinajstić information content (AvgIpc) is 3.01. The van der Waals surface area contributed by atoms with Crippen molar-refractivity contribution in [3.8, 4) is 11.5 Å². The minimum absolute atomic E-state index is 0.267. The van der Waals surface area contributed by atoms with Crippen LogP contribution in [0.4, 0.5) is 0 Å². The summed E-state index contributed by atoms with van der Waals surface area (Å²) in [6.45, 7) is 6.72. The Morgan fingerprint density at radius 2 is 1.97 bits per heavy atom. The Labute approximate surface area is 197 Å². The maximum Gasteiger partial charge on any atom is 0.285 e. The summed E-state index contributed by atoms with van der Waals surface area (Å²) in [5.74, 6) is 1.03. The normalized spacial score (nSPS) is 14.9. The van der Waals surface area contributed by atoms with Crippen molar-refractivity contribution in [3.63, 3.8) is 0 Å². The van der Waals surface area contributed by atoms with Crippen molar-refractivity contribution in [3.05, 3.63) is 64.1 Å². The number of hydrazine groups is 1. The number of thioether (sulfide) groups is 1. The lowest BCUT2D eigenvalue weighted by atomic mass is 10.1. The smallest absolute Gasteiger partial charge is 0.285 e. The highest BCUT2D eigenvalue weighted by Gasteiger charge is 2.34. The maximum atomic E-state index is 12.9. The molecule has 0 spiro atoms. The number of amides is 2. The van der Waals surface area contributed by atoms with Crippen molar-refractivity contribution in [1.29, 1.82) is 0 Å². The van der Waals surface area contributed by atoms with Gasteiger partial charge in [0.25, 0.3) is 11.8 Å². The molecule has 6 nitrogen and oxygen atoms in total. The minimum atomic E-state index is -0.384. The van der Waals surface area contributed by atoms with Gasteiger partial charge in [-0.1, -0.05) is 49.9 Å². The van der Waals surface area contributed by atoms with Gasteiger partial charge in [-0.15, -0.1) is 0 Å². The third kappa shape index (κ3) is 5.69. The molecule has 0 atom stereocenters. The Morgan fingerprint density at radius 1 is 1.22 bits per heavy atom. The Kier molecular flexibility index (Phi) is 7.93. The molecule has 1 heterocycles. The first-order valence-electron chi connectivity index (χ1n) is 10.3. The zero-order valence-corrected chi connectivity index (χ0v) is 20.1. The highest BCUT2D eigenvalue weighted by molar-refractivity contribution is 8.26. The van der Waals surface area contributed by atoms with Crippen molar-refractivity contribution >= 4 is 46.2 Å². The lowest BCUT2D eigenvalue weighted by Gasteiger charge is -2.16. The highest BCUT2D eigenvalue weighted by atomic mass is 32.2. The van der Waals surface area contributed by atoms with Crippen LogP contribution in [0, 0.1) is 12.8 Å². The quantitative estimate of drug-likeness (QED) is 0.434. The number of hydrogen-bond acceptors (Lipinski definition) is 6. The fraction of sp³-hybridized carbons (Fsp3) is 0.292. The van der Waals surface area contributed by atoms with E-state index in [4.69, 9.17) is 21.7 Å². The second kappa shape index (κ2) is 10.7. The minimum Gasteiger partial charge on any atom is -0.493 e. The summed E-state index contributed by atoms with van der Waals surface area (Å²) >= 11 is 6.45. The number of aryl methyl sites for hydroxylation is 1. The molecule has 0 aromatic heterocycles. The van der Waals surface area contributed by atoms with Crippen molar-refractivity contribution in [1.82, 2.24) is 10.4 Å². The maximum absolute atomic E-state index is 12.9. The summed E-state index contributed by atoms with van der Waals surface area (Å²) in [7, 11) is 1.58. The van der Waals surface area contributed by atoms with E-state index in [1.165, 1.54) is 0 Å². The molecular weight excluding hydrogens is 444 g/mol. The lowest BCUT2D eigenvalue weighted by molar-refractivity contribution is -0.123. The molecule has 2 aromatic rings. The van der Waals surface area contributed by atoms with Crippen LogP contribution < -0.4 is 14.9 Å². The van der Waals surface area contributed by atoms with E-state index < -0.39 is 0 Å². The number of carbonyl (C=O) groups excluding carboxylic acids is 2. The standard InChI is InChI=1S/C24H26N2O4S2/c1-15(2)11-12-30-19-10-9-17(13-20(19)29-4)14-21-23(28)26(24(31)32-21)25-22(27)18-8-6-5-7-16(18)3/h5-10,13-15H,11-12H2,1-4H3,(H,25,27)/b21-14+.